The summed E-state index contributed by atoms with van der Waals surface area (Å²) in [4.78, 5) is 0. The number of rotatable bonds is 4. The van der Waals surface area contributed by atoms with Crippen LogP contribution >= 0.6 is 31.9 Å². The van der Waals surface area contributed by atoms with E-state index >= 15 is 0 Å². The molecule has 2 heterocycles. The highest BCUT2D eigenvalue weighted by Gasteiger charge is 2.41. The minimum Gasteiger partial charge on any atom is -0.309 e. The monoisotopic (exact) mass is 1720 g/mol. The molecule has 22 aromatic rings. The first-order chi connectivity index (χ1) is 60.8. The summed E-state index contributed by atoms with van der Waals surface area (Å²) in [5.41, 5.74) is 39.7. The van der Waals surface area contributed by atoms with Crippen molar-refractivity contribution in [2.75, 3.05) is 0 Å². The third-order valence-corrected chi connectivity index (χ3v) is 30.5. The maximum Gasteiger partial charge on any atom is 0.0619 e. The highest BCUT2D eigenvalue weighted by atomic mass is 79.9. The molecule has 0 radical (unpaired) electrons. The Morgan fingerprint density at radius 3 is 0.904 bits per heavy atom. The predicted octanol–water partition coefficient (Wildman–Crippen LogP) is 33.8. The van der Waals surface area contributed by atoms with Gasteiger partial charge in [0.1, 0.15) is 0 Å². The number of hydrogen-bond acceptors (Lipinski definition) is 0. The van der Waals surface area contributed by atoms with Gasteiger partial charge in [0.05, 0.1) is 22.1 Å². The van der Waals surface area contributed by atoms with Crippen LogP contribution in [0.3, 0.4) is 0 Å². The van der Waals surface area contributed by atoms with E-state index in [-0.39, 0.29) is 21.7 Å². The zero-order valence-electron chi connectivity index (χ0n) is 71.0. The number of halogens is 2. The van der Waals surface area contributed by atoms with Crippen LogP contribution in [0.1, 0.15) is 111 Å². The molecule has 4 heteroatoms. The van der Waals surface area contributed by atoms with Crippen molar-refractivity contribution in [3.05, 3.63) is 429 Å². The molecular formula is C121H86Br2N2. The topological polar surface area (TPSA) is 9.86 Å². The van der Waals surface area contributed by atoms with Gasteiger partial charge in [-0.2, -0.15) is 0 Å². The summed E-state index contributed by atoms with van der Waals surface area (Å²) in [5, 5.41) is 20.8. The summed E-state index contributed by atoms with van der Waals surface area (Å²) < 4.78 is 7.35. The van der Waals surface area contributed by atoms with E-state index < -0.39 is 0 Å². The Hall–Kier alpha value is -13.5. The van der Waals surface area contributed by atoms with Crippen LogP contribution in [0.4, 0.5) is 0 Å². The van der Waals surface area contributed by atoms with Gasteiger partial charge in [-0.25, -0.2) is 0 Å². The number of nitrogens with zero attached hydrogens (tertiary/aromatic N) is 2. The van der Waals surface area contributed by atoms with Gasteiger partial charge in [0, 0.05) is 74.3 Å². The minimum atomic E-state index is -0.211. The lowest BCUT2D eigenvalue weighted by Crippen LogP contribution is -2.16. The fourth-order valence-electron chi connectivity index (χ4n) is 23.2. The van der Waals surface area contributed by atoms with Gasteiger partial charge in [0.25, 0.3) is 0 Å². The van der Waals surface area contributed by atoms with Crippen LogP contribution in [0, 0.1) is 0 Å². The normalized spacial score (nSPS) is 14.5. The van der Waals surface area contributed by atoms with Crippen LogP contribution < -0.4 is 0 Å². The van der Waals surface area contributed by atoms with Crippen LogP contribution in [0.2, 0.25) is 0 Å². The van der Waals surface area contributed by atoms with Gasteiger partial charge < -0.3 is 9.13 Å². The van der Waals surface area contributed by atoms with Crippen molar-refractivity contribution in [2.45, 2.75) is 83.5 Å². The van der Waals surface area contributed by atoms with Crippen LogP contribution in [-0.2, 0) is 28.1 Å². The van der Waals surface area contributed by atoms with Crippen LogP contribution in [-0.4, -0.2) is 9.13 Å². The van der Waals surface area contributed by atoms with Crippen molar-refractivity contribution in [1.29, 1.82) is 0 Å². The molecule has 0 bridgehead atoms. The third kappa shape index (κ3) is 10.8. The molecule has 0 atom stereocenters. The Kier molecular flexibility index (Phi) is 16.0. The summed E-state index contributed by atoms with van der Waals surface area (Å²) in [5.74, 6) is 0. The molecule has 0 amide bonds. The minimum absolute atomic E-state index is 0.0109. The second-order valence-electron chi connectivity index (χ2n) is 37.6. The molecule has 2 aromatic heterocycles. The standard InChI is InChI=1S/C70H48N2.C30H24Br2.C21H14/c1-69(2)59-37-45(23-29-53(59)55-33-27-47(39-61(55)69)71-63-35-25-41-13-5-9-17-49(41)65(63)57-31-21-43-15-7-11-19-51(43)67(57)71)46-24-30-54-56-34-28-48(40-62(56)70(3,4)60(54)38-46)72-64-36-26-42-14-6-10-18-50(42)66(64)58-32-22-44-16-8-12-20-52(44)68(58)72;1-29(2)25-13-17(5-9-21(25)23-11-7-19(31)15-27(23)29)18-6-10-22-24-12-8-20(32)16-28(24)30(3,4)26(22)14-18;1-3-7-17-14(5-1)11-12-19-20(17)13-16-10-9-15-6-2-4-8-18(15)21(16)19/h5-40H,1-4H3;5-16H,1-4H3;1-12H,13H2. The van der Waals surface area contributed by atoms with Crippen molar-refractivity contribution in [1.82, 2.24) is 9.13 Å². The molecule has 0 fully saturated rings. The Balaban J connectivity index is 0.000000131. The van der Waals surface area contributed by atoms with E-state index in [1.807, 2.05) is 0 Å². The van der Waals surface area contributed by atoms with Crippen molar-refractivity contribution in [3.63, 3.8) is 0 Å². The first-order valence-electron chi connectivity index (χ1n) is 44.0. The van der Waals surface area contributed by atoms with Gasteiger partial charge >= 0.3 is 0 Å². The molecule has 0 aliphatic heterocycles. The van der Waals surface area contributed by atoms with E-state index in [0.29, 0.717) is 0 Å². The maximum atomic E-state index is 3.67. The van der Waals surface area contributed by atoms with Crippen molar-refractivity contribution < 1.29 is 0 Å². The molecule has 5 aliphatic carbocycles. The molecule has 0 unspecified atom stereocenters. The average Bonchev–Trinajstić information content (AvgIpc) is 1.55. The lowest BCUT2D eigenvalue weighted by Gasteiger charge is -2.24. The zero-order chi connectivity index (χ0) is 84.0. The van der Waals surface area contributed by atoms with E-state index in [2.05, 4.69) is 460 Å². The zero-order valence-corrected chi connectivity index (χ0v) is 74.2. The van der Waals surface area contributed by atoms with E-state index in [1.165, 1.54) is 253 Å². The SMILES string of the molecule is CC1(C)c2cc(-c3ccc4c(c3)C(C)(C)c3cc(-n5c6ccc7ccccc7c6c6ccc7ccccc7c65)ccc3-4)ccc2-c2ccc(-n3c4ccc5ccccc5c4c4ccc5ccccc5c43)cc21.CC1(C)c2cc(Br)ccc2-c2ccc(-c3ccc4c(c3)C(C)(C)c3cc(Br)ccc3-4)cc21.c1ccc2c3c(ccc2c1)-c1c(ccc2ccccc12)C3. The summed E-state index contributed by atoms with van der Waals surface area (Å²) in [6, 6.07) is 137. The number of hydrogen-bond donors (Lipinski definition) is 0. The van der Waals surface area contributed by atoms with E-state index in [9.17, 15) is 0 Å². The van der Waals surface area contributed by atoms with Crippen LogP contribution in [0.5, 0.6) is 0 Å². The lowest BCUT2D eigenvalue weighted by atomic mass is 9.80. The fraction of sp³-hybridized carbons (Fsp3) is 0.107. The number of benzene rings is 20. The Morgan fingerprint density at radius 1 is 0.224 bits per heavy atom. The van der Waals surface area contributed by atoms with Crippen molar-refractivity contribution in [3.8, 4) is 89.3 Å². The quantitative estimate of drug-likeness (QED) is 0.166. The molecule has 20 aromatic carbocycles. The van der Waals surface area contributed by atoms with Gasteiger partial charge in [-0.15, -0.1) is 0 Å². The molecule has 0 saturated carbocycles. The Morgan fingerprint density at radius 2 is 0.504 bits per heavy atom. The summed E-state index contributed by atoms with van der Waals surface area (Å²) >= 11 is 7.33. The van der Waals surface area contributed by atoms with Crippen LogP contribution in [0.25, 0.3) is 198 Å². The molecule has 0 N–H and O–H groups in total. The summed E-state index contributed by atoms with van der Waals surface area (Å²) in [7, 11) is 0. The molecule has 27 rings (SSSR count). The highest BCUT2D eigenvalue weighted by Crippen LogP contribution is 2.58. The number of fused-ring (bicyclic) bond motifs is 33. The van der Waals surface area contributed by atoms with Gasteiger partial charge in [0.15, 0.2) is 0 Å². The van der Waals surface area contributed by atoms with Crippen LogP contribution in [0.15, 0.2) is 373 Å². The molecule has 0 saturated heterocycles. The Bertz CT molecular complexity index is 8130. The fourth-order valence-corrected chi connectivity index (χ4v) is 24.0. The van der Waals surface area contributed by atoms with Crippen molar-refractivity contribution >= 4 is 140 Å². The second-order valence-corrected chi connectivity index (χ2v) is 39.4. The molecular weight excluding hydrogens is 1640 g/mol. The smallest absolute Gasteiger partial charge is 0.0619 e. The van der Waals surface area contributed by atoms with E-state index in [0.717, 1.165) is 15.4 Å². The molecule has 0 spiro atoms. The van der Waals surface area contributed by atoms with Crippen molar-refractivity contribution in [2.24, 2.45) is 0 Å². The maximum absolute atomic E-state index is 3.67. The number of aromatic nitrogens is 2. The first kappa shape index (κ1) is 74.2. The summed E-state index contributed by atoms with van der Waals surface area (Å²) in [6.45, 7) is 19.0. The van der Waals surface area contributed by atoms with Gasteiger partial charge in [-0.1, -0.05) is 366 Å². The Labute approximate surface area is 744 Å². The molecule has 2 nitrogen and oxygen atoms in total. The van der Waals surface area contributed by atoms with Gasteiger partial charge in [-0.3, -0.25) is 0 Å². The third-order valence-electron chi connectivity index (χ3n) is 29.6. The molecule has 5 aliphatic rings. The van der Waals surface area contributed by atoms with E-state index in [1.54, 1.807) is 0 Å². The summed E-state index contributed by atoms with van der Waals surface area (Å²) in [6.07, 6.45) is 1.05. The van der Waals surface area contributed by atoms with Gasteiger partial charge in [-0.05, 0) is 279 Å². The first-order valence-corrected chi connectivity index (χ1v) is 45.6. The highest BCUT2D eigenvalue weighted by molar-refractivity contribution is 9.10. The van der Waals surface area contributed by atoms with E-state index in [4.69, 9.17) is 0 Å². The van der Waals surface area contributed by atoms with Gasteiger partial charge in [0.2, 0.25) is 0 Å². The molecule has 594 valence electrons. The second kappa shape index (κ2) is 27.0. The average molecular weight is 1730 g/mol. The molecule has 125 heavy (non-hydrogen) atoms. The largest absolute Gasteiger partial charge is 0.309 e. The predicted molar refractivity (Wildman–Crippen MR) is 538 cm³/mol. The lowest BCUT2D eigenvalue weighted by molar-refractivity contribution is 0.659.